The Kier molecular flexibility index (Phi) is 10.3. The highest BCUT2D eigenvalue weighted by Crippen LogP contribution is 2.28. The van der Waals surface area contributed by atoms with Gasteiger partial charge in [-0.3, -0.25) is 0 Å². The minimum atomic E-state index is 0.0715. The molecule has 8 heteroatoms. The van der Waals surface area contributed by atoms with E-state index in [9.17, 15) is 10.2 Å². The van der Waals surface area contributed by atoms with Gasteiger partial charge in [0.2, 0.25) is 0 Å². The van der Waals surface area contributed by atoms with Gasteiger partial charge in [-0.05, 0) is 83.6 Å². The Morgan fingerprint density at radius 3 is 1.18 bits per heavy atom. The molecule has 4 aromatic rings. The standard InChI is InChI=1S/C19H22N2O2.C13H14N2O2/c1-3-9-22-18-12-14(5-7-16(18)20)11-15-6-8-17(21)19(13-15)23-10-4-2;14-10-3-1-8(6-12(10)16)5-9-2-4-11(15)13(17)7-9/h3-8,12-13H,1-2,9-11,20-21H2;1-4,6-7,16-17H,5,14-15H2. The number of rotatable bonds is 10. The van der Waals surface area contributed by atoms with Crippen LogP contribution in [0.3, 0.4) is 0 Å². The number of phenols is 2. The molecule has 208 valence electrons. The van der Waals surface area contributed by atoms with E-state index in [1.165, 1.54) is 0 Å². The van der Waals surface area contributed by atoms with Gasteiger partial charge >= 0.3 is 0 Å². The summed E-state index contributed by atoms with van der Waals surface area (Å²) in [6, 6.07) is 21.8. The molecule has 10 N–H and O–H groups in total. The van der Waals surface area contributed by atoms with Gasteiger partial charge in [0.1, 0.15) is 36.2 Å². The molecule has 4 aromatic carbocycles. The largest absolute Gasteiger partial charge is 0.506 e. The fourth-order valence-electron chi connectivity index (χ4n) is 3.79. The zero-order chi connectivity index (χ0) is 29.1. The second-order valence-electron chi connectivity index (χ2n) is 9.08. The Labute approximate surface area is 234 Å². The van der Waals surface area contributed by atoms with Gasteiger partial charge in [0.25, 0.3) is 0 Å². The van der Waals surface area contributed by atoms with Crippen LogP contribution in [0.15, 0.2) is 98.1 Å². The van der Waals surface area contributed by atoms with Crippen LogP contribution in [0.25, 0.3) is 0 Å². The number of aromatic hydroxyl groups is 2. The van der Waals surface area contributed by atoms with Crippen LogP contribution in [-0.2, 0) is 12.8 Å². The minimum absolute atomic E-state index is 0.0715. The number of anilines is 4. The first-order valence-corrected chi connectivity index (χ1v) is 12.6. The van der Waals surface area contributed by atoms with Gasteiger partial charge < -0.3 is 42.6 Å². The summed E-state index contributed by atoms with van der Waals surface area (Å²) in [6.45, 7) is 8.13. The highest BCUT2D eigenvalue weighted by Gasteiger charge is 2.07. The maximum absolute atomic E-state index is 9.48. The molecule has 40 heavy (non-hydrogen) atoms. The third-order valence-corrected chi connectivity index (χ3v) is 5.88. The third-order valence-electron chi connectivity index (χ3n) is 5.88. The lowest BCUT2D eigenvalue weighted by Gasteiger charge is -2.11. The molecule has 0 radical (unpaired) electrons. The third kappa shape index (κ3) is 8.39. The summed E-state index contributed by atoms with van der Waals surface area (Å²) in [6.07, 6.45) is 4.71. The molecular formula is C32H36N4O4. The summed E-state index contributed by atoms with van der Waals surface area (Å²) in [5, 5.41) is 19.0. The van der Waals surface area contributed by atoms with E-state index in [0.29, 0.717) is 53.9 Å². The van der Waals surface area contributed by atoms with Crippen molar-refractivity contribution >= 4 is 22.7 Å². The first kappa shape index (κ1) is 29.3. The number of hydrogen-bond acceptors (Lipinski definition) is 8. The molecule has 4 rings (SSSR count). The summed E-state index contributed by atoms with van der Waals surface area (Å²) in [5.41, 5.74) is 28.8. The number of ether oxygens (including phenoxy) is 2. The van der Waals surface area contributed by atoms with Crippen LogP contribution in [0.5, 0.6) is 23.0 Å². The van der Waals surface area contributed by atoms with Gasteiger partial charge in [-0.1, -0.05) is 49.6 Å². The molecule has 0 spiro atoms. The molecule has 0 aromatic heterocycles. The first-order chi connectivity index (χ1) is 19.2. The van der Waals surface area contributed by atoms with Crippen LogP contribution in [0.1, 0.15) is 22.3 Å². The average molecular weight is 541 g/mol. The van der Waals surface area contributed by atoms with E-state index in [4.69, 9.17) is 32.4 Å². The van der Waals surface area contributed by atoms with E-state index in [2.05, 4.69) is 13.2 Å². The average Bonchev–Trinajstić information content (AvgIpc) is 2.93. The highest BCUT2D eigenvalue weighted by atomic mass is 16.5. The first-order valence-electron chi connectivity index (χ1n) is 12.6. The zero-order valence-corrected chi connectivity index (χ0v) is 22.3. The molecule has 0 saturated carbocycles. The van der Waals surface area contributed by atoms with Crippen molar-refractivity contribution in [2.75, 3.05) is 36.1 Å². The van der Waals surface area contributed by atoms with Gasteiger partial charge in [0, 0.05) is 0 Å². The van der Waals surface area contributed by atoms with Gasteiger partial charge in [0.05, 0.1) is 22.7 Å². The Morgan fingerprint density at radius 1 is 0.525 bits per heavy atom. The van der Waals surface area contributed by atoms with Crippen molar-refractivity contribution in [1.82, 2.24) is 0 Å². The summed E-state index contributed by atoms with van der Waals surface area (Å²) in [4.78, 5) is 0. The fraction of sp³-hybridized carbons (Fsp3) is 0.125. The maximum Gasteiger partial charge on any atom is 0.142 e. The number of nitrogen functional groups attached to an aromatic ring is 4. The molecule has 0 fully saturated rings. The molecule has 0 aliphatic rings. The normalized spacial score (nSPS) is 10.2. The van der Waals surface area contributed by atoms with Gasteiger partial charge in [-0.2, -0.15) is 0 Å². The Morgan fingerprint density at radius 2 is 0.850 bits per heavy atom. The lowest BCUT2D eigenvalue weighted by Crippen LogP contribution is -2.00. The number of phenolic OH excluding ortho intramolecular Hbond substituents is 2. The van der Waals surface area contributed by atoms with Crippen molar-refractivity contribution in [3.63, 3.8) is 0 Å². The summed E-state index contributed by atoms with van der Waals surface area (Å²) in [7, 11) is 0. The molecule has 0 unspecified atom stereocenters. The van der Waals surface area contributed by atoms with Crippen LogP contribution < -0.4 is 32.4 Å². The second-order valence-corrected chi connectivity index (χ2v) is 9.08. The zero-order valence-electron chi connectivity index (χ0n) is 22.3. The smallest absolute Gasteiger partial charge is 0.142 e. The highest BCUT2D eigenvalue weighted by molar-refractivity contribution is 5.57. The second kappa shape index (κ2) is 14.1. The summed E-state index contributed by atoms with van der Waals surface area (Å²) >= 11 is 0. The molecule has 0 amide bonds. The van der Waals surface area contributed by atoms with E-state index >= 15 is 0 Å². The van der Waals surface area contributed by atoms with Crippen LogP contribution >= 0.6 is 0 Å². The van der Waals surface area contributed by atoms with Crippen LogP contribution in [-0.4, -0.2) is 23.4 Å². The van der Waals surface area contributed by atoms with E-state index < -0.39 is 0 Å². The molecule has 8 nitrogen and oxygen atoms in total. The maximum atomic E-state index is 9.48. The van der Waals surface area contributed by atoms with Crippen LogP contribution in [0, 0.1) is 0 Å². The predicted molar refractivity (Wildman–Crippen MR) is 164 cm³/mol. The lowest BCUT2D eigenvalue weighted by molar-refractivity contribution is 0.364. The van der Waals surface area contributed by atoms with Crippen molar-refractivity contribution in [3.05, 3.63) is 120 Å². The molecular weight excluding hydrogens is 504 g/mol. The van der Waals surface area contributed by atoms with Crippen LogP contribution in [0.2, 0.25) is 0 Å². The van der Waals surface area contributed by atoms with Crippen molar-refractivity contribution < 1.29 is 19.7 Å². The van der Waals surface area contributed by atoms with E-state index in [1.54, 1.807) is 36.4 Å². The Balaban J connectivity index is 0.000000230. The van der Waals surface area contributed by atoms with Crippen molar-refractivity contribution in [3.8, 4) is 23.0 Å². The monoisotopic (exact) mass is 540 g/mol. The van der Waals surface area contributed by atoms with E-state index in [-0.39, 0.29) is 11.5 Å². The summed E-state index contributed by atoms with van der Waals surface area (Å²) < 4.78 is 11.1. The molecule has 0 heterocycles. The van der Waals surface area contributed by atoms with Gasteiger partial charge in [-0.15, -0.1) is 0 Å². The predicted octanol–water partition coefficient (Wildman–Crippen LogP) is 5.42. The van der Waals surface area contributed by atoms with E-state index in [1.807, 2.05) is 48.5 Å². The van der Waals surface area contributed by atoms with Gasteiger partial charge in [0.15, 0.2) is 0 Å². The minimum Gasteiger partial charge on any atom is -0.506 e. The number of hydrogen-bond donors (Lipinski definition) is 6. The van der Waals surface area contributed by atoms with Crippen molar-refractivity contribution in [2.24, 2.45) is 0 Å². The number of nitrogens with two attached hydrogens (primary N) is 4. The van der Waals surface area contributed by atoms with Gasteiger partial charge in [-0.25, -0.2) is 0 Å². The molecule has 0 atom stereocenters. The molecule has 0 aliphatic heterocycles. The molecule has 0 saturated heterocycles. The quantitative estimate of drug-likeness (QED) is 0.0881. The fourth-order valence-corrected chi connectivity index (χ4v) is 3.79. The van der Waals surface area contributed by atoms with Crippen LogP contribution in [0.4, 0.5) is 22.7 Å². The Bertz CT molecular complexity index is 1360. The van der Waals surface area contributed by atoms with Crippen molar-refractivity contribution in [2.45, 2.75) is 12.8 Å². The summed E-state index contributed by atoms with van der Waals surface area (Å²) in [5.74, 6) is 1.48. The van der Waals surface area contributed by atoms with E-state index in [0.717, 1.165) is 28.7 Å². The van der Waals surface area contributed by atoms with Crippen molar-refractivity contribution in [1.29, 1.82) is 0 Å². The molecule has 0 aliphatic carbocycles. The SMILES string of the molecule is C=CCOc1cc(Cc2ccc(N)c(OCC=C)c2)ccc1N.Nc1ccc(Cc2ccc(N)c(O)c2)cc1O. The number of benzene rings is 4. The molecule has 0 bridgehead atoms. The lowest BCUT2D eigenvalue weighted by atomic mass is 10.0. The Hall–Kier alpha value is -5.24. The topological polar surface area (TPSA) is 163 Å².